The average Bonchev–Trinajstić information content (AvgIpc) is 3.20. The molecule has 1 saturated carbocycles. The lowest BCUT2D eigenvalue weighted by Crippen LogP contribution is -2.30. The van der Waals surface area contributed by atoms with Gasteiger partial charge in [0.1, 0.15) is 0 Å². The van der Waals surface area contributed by atoms with Crippen LogP contribution >= 0.6 is 23.1 Å². The van der Waals surface area contributed by atoms with Crippen molar-refractivity contribution in [3.05, 3.63) is 46.9 Å². The number of thioether (sulfide) groups is 1. The number of carbonyl (C=O) groups is 1. The standard InChI is InChI=1S/C18H19N5OS2/c1-12(17(24)20-11-15-3-2-10-25-15)26-18-22-21-16(23(18)14-4-5-14)13-6-8-19-9-7-13/h2-3,6-10,12,14H,4-5,11H2,1H3,(H,20,24). The van der Waals surface area contributed by atoms with Crippen LogP contribution in [0.25, 0.3) is 11.4 Å². The summed E-state index contributed by atoms with van der Waals surface area (Å²) in [7, 11) is 0. The number of aromatic nitrogens is 4. The first kappa shape index (κ1) is 17.2. The van der Waals surface area contributed by atoms with Crippen LogP contribution in [0.15, 0.2) is 47.2 Å². The molecule has 134 valence electrons. The largest absolute Gasteiger partial charge is 0.350 e. The summed E-state index contributed by atoms with van der Waals surface area (Å²) in [6.45, 7) is 2.48. The maximum atomic E-state index is 12.4. The number of rotatable bonds is 7. The quantitative estimate of drug-likeness (QED) is 0.630. The molecule has 6 nitrogen and oxygen atoms in total. The summed E-state index contributed by atoms with van der Waals surface area (Å²) in [4.78, 5) is 17.6. The predicted molar refractivity (Wildman–Crippen MR) is 103 cm³/mol. The fourth-order valence-electron chi connectivity index (χ4n) is 2.66. The van der Waals surface area contributed by atoms with E-state index in [0.717, 1.165) is 34.3 Å². The normalized spacial score (nSPS) is 15.0. The van der Waals surface area contributed by atoms with E-state index in [2.05, 4.69) is 25.1 Å². The van der Waals surface area contributed by atoms with Crippen molar-refractivity contribution in [2.75, 3.05) is 0 Å². The summed E-state index contributed by atoms with van der Waals surface area (Å²) >= 11 is 3.11. The third-order valence-electron chi connectivity index (χ3n) is 4.18. The molecular weight excluding hydrogens is 366 g/mol. The monoisotopic (exact) mass is 385 g/mol. The second-order valence-corrected chi connectivity index (χ2v) is 8.54. The van der Waals surface area contributed by atoms with Gasteiger partial charge in [-0.05, 0) is 43.3 Å². The maximum Gasteiger partial charge on any atom is 0.233 e. The Kier molecular flexibility index (Phi) is 5.03. The average molecular weight is 386 g/mol. The van der Waals surface area contributed by atoms with Gasteiger partial charge in [0, 0.05) is 28.9 Å². The highest BCUT2D eigenvalue weighted by molar-refractivity contribution is 8.00. The minimum Gasteiger partial charge on any atom is -0.350 e. The number of nitrogens with one attached hydrogen (secondary N) is 1. The highest BCUT2D eigenvalue weighted by Crippen LogP contribution is 2.41. The van der Waals surface area contributed by atoms with E-state index in [-0.39, 0.29) is 11.2 Å². The van der Waals surface area contributed by atoms with Crippen molar-refractivity contribution < 1.29 is 4.79 Å². The highest BCUT2D eigenvalue weighted by atomic mass is 32.2. The van der Waals surface area contributed by atoms with E-state index in [9.17, 15) is 4.79 Å². The van der Waals surface area contributed by atoms with Gasteiger partial charge in [-0.25, -0.2) is 0 Å². The second kappa shape index (κ2) is 7.59. The summed E-state index contributed by atoms with van der Waals surface area (Å²) in [5.74, 6) is 0.864. The molecule has 26 heavy (non-hydrogen) atoms. The minimum atomic E-state index is -0.234. The van der Waals surface area contributed by atoms with Crippen molar-refractivity contribution in [1.82, 2.24) is 25.1 Å². The van der Waals surface area contributed by atoms with Gasteiger partial charge >= 0.3 is 0 Å². The molecule has 3 aromatic heterocycles. The van der Waals surface area contributed by atoms with Gasteiger partial charge in [-0.15, -0.1) is 21.5 Å². The Hall–Kier alpha value is -2.19. The Balaban J connectivity index is 1.47. The lowest BCUT2D eigenvalue weighted by molar-refractivity contribution is -0.120. The Morgan fingerprint density at radius 3 is 2.85 bits per heavy atom. The van der Waals surface area contributed by atoms with E-state index in [4.69, 9.17) is 0 Å². The zero-order valence-electron chi connectivity index (χ0n) is 14.3. The number of nitrogens with zero attached hydrogens (tertiary/aromatic N) is 4. The second-order valence-electron chi connectivity index (χ2n) is 6.20. The van der Waals surface area contributed by atoms with Gasteiger partial charge in [0.25, 0.3) is 0 Å². The molecule has 1 amide bonds. The fraction of sp³-hybridized carbons (Fsp3) is 0.333. The topological polar surface area (TPSA) is 72.7 Å². The van der Waals surface area contributed by atoms with Crippen LogP contribution in [0, 0.1) is 0 Å². The van der Waals surface area contributed by atoms with Crippen LogP contribution in [-0.4, -0.2) is 30.9 Å². The molecule has 1 aliphatic rings. The highest BCUT2D eigenvalue weighted by Gasteiger charge is 2.31. The lowest BCUT2D eigenvalue weighted by Gasteiger charge is -2.13. The number of thiophene rings is 1. The van der Waals surface area contributed by atoms with Gasteiger partial charge in [0.05, 0.1) is 11.8 Å². The Morgan fingerprint density at radius 1 is 1.35 bits per heavy atom. The van der Waals surface area contributed by atoms with Crippen LogP contribution < -0.4 is 5.32 Å². The SMILES string of the molecule is CC(Sc1nnc(-c2ccncc2)n1C1CC1)C(=O)NCc1cccs1. The minimum absolute atomic E-state index is 0.0132. The van der Waals surface area contributed by atoms with Crippen molar-refractivity contribution in [3.8, 4) is 11.4 Å². The van der Waals surface area contributed by atoms with Crippen LogP contribution in [0.5, 0.6) is 0 Å². The van der Waals surface area contributed by atoms with E-state index in [1.807, 2.05) is 36.6 Å². The molecule has 0 saturated heterocycles. The molecule has 1 unspecified atom stereocenters. The summed E-state index contributed by atoms with van der Waals surface area (Å²) in [5.41, 5.74) is 1.00. The molecule has 1 atom stereocenters. The number of pyridine rings is 1. The van der Waals surface area contributed by atoms with Crippen LogP contribution in [0.1, 0.15) is 30.7 Å². The first-order valence-electron chi connectivity index (χ1n) is 8.54. The van der Waals surface area contributed by atoms with E-state index < -0.39 is 0 Å². The van der Waals surface area contributed by atoms with E-state index in [1.54, 1.807) is 23.7 Å². The van der Waals surface area contributed by atoms with Crippen molar-refractivity contribution in [2.24, 2.45) is 0 Å². The smallest absolute Gasteiger partial charge is 0.233 e. The van der Waals surface area contributed by atoms with Gasteiger partial charge in [0.15, 0.2) is 11.0 Å². The molecule has 0 spiro atoms. The first-order valence-corrected chi connectivity index (χ1v) is 10.3. The zero-order chi connectivity index (χ0) is 17.9. The first-order chi connectivity index (χ1) is 12.7. The Morgan fingerprint density at radius 2 is 2.15 bits per heavy atom. The van der Waals surface area contributed by atoms with Gasteiger partial charge < -0.3 is 5.32 Å². The third kappa shape index (κ3) is 3.81. The zero-order valence-corrected chi connectivity index (χ0v) is 16.0. The molecular formula is C18H19N5OS2. The van der Waals surface area contributed by atoms with Gasteiger partial charge in [0.2, 0.25) is 5.91 Å². The lowest BCUT2D eigenvalue weighted by atomic mass is 10.2. The van der Waals surface area contributed by atoms with Gasteiger partial charge in [-0.1, -0.05) is 17.8 Å². The van der Waals surface area contributed by atoms with Crippen molar-refractivity contribution in [2.45, 2.75) is 42.8 Å². The number of hydrogen-bond acceptors (Lipinski definition) is 6. The van der Waals surface area contributed by atoms with Crippen LogP contribution in [0.4, 0.5) is 0 Å². The molecule has 1 N–H and O–H groups in total. The molecule has 0 radical (unpaired) electrons. The summed E-state index contributed by atoms with van der Waals surface area (Å²) in [5, 5.41) is 14.3. The molecule has 0 bridgehead atoms. The maximum absolute atomic E-state index is 12.4. The summed E-state index contributed by atoms with van der Waals surface area (Å²) in [6, 6.07) is 8.32. The molecule has 3 heterocycles. The fourth-order valence-corrected chi connectivity index (χ4v) is 4.25. The van der Waals surface area contributed by atoms with Gasteiger partial charge in [-0.2, -0.15) is 0 Å². The predicted octanol–water partition coefficient (Wildman–Crippen LogP) is 3.53. The molecule has 4 rings (SSSR count). The van der Waals surface area contributed by atoms with Crippen LogP contribution in [-0.2, 0) is 11.3 Å². The Bertz CT molecular complexity index is 874. The van der Waals surface area contributed by atoms with Crippen LogP contribution in [0.3, 0.4) is 0 Å². The van der Waals surface area contributed by atoms with E-state index >= 15 is 0 Å². The molecule has 1 aliphatic carbocycles. The van der Waals surface area contributed by atoms with Crippen molar-refractivity contribution in [1.29, 1.82) is 0 Å². The van der Waals surface area contributed by atoms with E-state index in [0.29, 0.717) is 12.6 Å². The summed E-state index contributed by atoms with van der Waals surface area (Å²) in [6.07, 6.45) is 5.77. The number of hydrogen-bond donors (Lipinski definition) is 1. The Labute approximate surface area is 160 Å². The van der Waals surface area contributed by atoms with Crippen molar-refractivity contribution >= 4 is 29.0 Å². The molecule has 8 heteroatoms. The molecule has 0 aliphatic heterocycles. The van der Waals surface area contributed by atoms with Gasteiger partial charge in [-0.3, -0.25) is 14.3 Å². The van der Waals surface area contributed by atoms with Crippen LogP contribution in [0.2, 0.25) is 0 Å². The summed E-state index contributed by atoms with van der Waals surface area (Å²) < 4.78 is 2.17. The molecule has 0 aromatic carbocycles. The number of carbonyl (C=O) groups excluding carboxylic acids is 1. The number of amides is 1. The van der Waals surface area contributed by atoms with Crippen molar-refractivity contribution in [3.63, 3.8) is 0 Å². The molecule has 1 fully saturated rings. The third-order valence-corrected chi connectivity index (χ3v) is 6.12. The molecule has 3 aromatic rings. The van der Waals surface area contributed by atoms with E-state index in [1.165, 1.54) is 11.8 Å².